The van der Waals surface area contributed by atoms with Crippen LogP contribution in [0.4, 0.5) is 5.82 Å². The van der Waals surface area contributed by atoms with Crippen LogP contribution in [-0.4, -0.2) is 34.0 Å². The summed E-state index contributed by atoms with van der Waals surface area (Å²) in [5.74, 6) is -1.08. The third-order valence-corrected chi connectivity index (χ3v) is 2.50. The van der Waals surface area contributed by atoms with Crippen molar-refractivity contribution in [2.75, 3.05) is 5.73 Å². The van der Waals surface area contributed by atoms with Crippen molar-refractivity contribution in [1.29, 1.82) is 0 Å². The van der Waals surface area contributed by atoms with Gasteiger partial charge in [0.15, 0.2) is 17.6 Å². The van der Waals surface area contributed by atoms with Crippen LogP contribution in [0.5, 0.6) is 0 Å². The van der Waals surface area contributed by atoms with E-state index in [1.807, 2.05) is 0 Å². The van der Waals surface area contributed by atoms with E-state index in [0.717, 1.165) is 12.8 Å². The lowest BCUT2D eigenvalue weighted by atomic mass is 10.3. The first-order chi connectivity index (χ1) is 8.58. The van der Waals surface area contributed by atoms with Crippen molar-refractivity contribution < 1.29 is 14.3 Å². The van der Waals surface area contributed by atoms with Crippen molar-refractivity contribution in [2.24, 2.45) is 0 Å². The van der Waals surface area contributed by atoms with E-state index in [1.54, 1.807) is 0 Å². The molecule has 0 aromatic carbocycles. The summed E-state index contributed by atoms with van der Waals surface area (Å²) < 4.78 is 4.97. The number of esters is 1. The third kappa shape index (κ3) is 2.93. The first kappa shape index (κ1) is 12.3. The fraction of sp³-hybridized carbons (Fsp3) is 0.455. The predicted octanol–water partition coefficient (Wildman–Crippen LogP) is -0.117. The van der Waals surface area contributed by atoms with E-state index in [2.05, 4.69) is 15.3 Å². The van der Waals surface area contributed by atoms with Crippen LogP contribution in [0.3, 0.4) is 0 Å². The monoisotopic (exact) mass is 250 g/mol. The highest BCUT2D eigenvalue weighted by molar-refractivity contribution is 5.94. The molecule has 0 saturated heterocycles. The minimum atomic E-state index is -0.875. The molecule has 2 rings (SSSR count). The maximum atomic E-state index is 11.7. The zero-order chi connectivity index (χ0) is 13.1. The summed E-state index contributed by atoms with van der Waals surface area (Å²) >= 11 is 0. The molecule has 0 radical (unpaired) electrons. The van der Waals surface area contributed by atoms with Gasteiger partial charge in [-0.3, -0.25) is 4.79 Å². The van der Waals surface area contributed by atoms with E-state index in [9.17, 15) is 9.59 Å². The lowest BCUT2D eigenvalue weighted by Crippen LogP contribution is -2.37. The Morgan fingerprint density at radius 1 is 1.44 bits per heavy atom. The van der Waals surface area contributed by atoms with Crippen molar-refractivity contribution in [1.82, 2.24) is 15.3 Å². The van der Waals surface area contributed by atoms with Gasteiger partial charge in [0.1, 0.15) is 0 Å². The number of amides is 1. The molecule has 7 heteroatoms. The zero-order valence-electron chi connectivity index (χ0n) is 9.92. The van der Waals surface area contributed by atoms with Crippen LogP contribution in [0.25, 0.3) is 0 Å². The molecule has 1 aliphatic carbocycles. The number of carbonyl (C=O) groups is 2. The Bertz CT molecular complexity index is 473. The average Bonchev–Trinajstić information content (AvgIpc) is 3.13. The van der Waals surface area contributed by atoms with E-state index in [-0.39, 0.29) is 23.5 Å². The Balaban J connectivity index is 1.94. The van der Waals surface area contributed by atoms with E-state index >= 15 is 0 Å². The molecule has 0 unspecified atom stereocenters. The number of nitrogens with two attached hydrogens (primary N) is 1. The summed E-state index contributed by atoms with van der Waals surface area (Å²) in [7, 11) is 0. The predicted molar refractivity (Wildman–Crippen MR) is 62.5 cm³/mol. The number of nitrogens with zero attached hydrogens (tertiary/aromatic N) is 2. The number of hydrogen-bond acceptors (Lipinski definition) is 6. The Kier molecular flexibility index (Phi) is 3.40. The summed E-state index contributed by atoms with van der Waals surface area (Å²) in [6, 6.07) is 0.222. The second-order valence-corrected chi connectivity index (χ2v) is 4.12. The molecule has 3 N–H and O–H groups in total. The van der Waals surface area contributed by atoms with Gasteiger partial charge in [-0.15, -0.1) is 0 Å². The average molecular weight is 250 g/mol. The zero-order valence-corrected chi connectivity index (χ0v) is 9.92. The van der Waals surface area contributed by atoms with E-state index in [0.29, 0.717) is 0 Å². The molecule has 1 aliphatic rings. The molecule has 1 saturated carbocycles. The summed E-state index contributed by atoms with van der Waals surface area (Å²) in [5.41, 5.74) is 5.41. The number of hydrogen-bond donors (Lipinski definition) is 2. The van der Waals surface area contributed by atoms with Crippen LogP contribution in [0.15, 0.2) is 12.4 Å². The van der Waals surface area contributed by atoms with Gasteiger partial charge in [0.2, 0.25) is 0 Å². The number of carbonyl (C=O) groups excluding carboxylic acids is 2. The van der Waals surface area contributed by atoms with Crippen LogP contribution in [0, 0.1) is 0 Å². The number of nitrogens with one attached hydrogen (secondary N) is 1. The second-order valence-electron chi connectivity index (χ2n) is 4.12. The topological polar surface area (TPSA) is 107 Å². The van der Waals surface area contributed by atoms with Gasteiger partial charge in [-0.05, 0) is 19.8 Å². The first-order valence-electron chi connectivity index (χ1n) is 5.65. The highest BCUT2D eigenvalue weighted by Gasteiger charge is 2.28. The molecule has 1 fully saturated rings. The maximum absolute atomic E-state index is 11.7. The Morgan fingerprint density at radius 3 is 2.72 bits per heavy atom. The molecule has 1 amide bonds. The smallest absolute Gasteiger partial charge is 0.361 e. The van der Waals surface area contributed by atoms with E-state index in [1.165, 1.54) is 19.3 Å². The molecule has 0 aliphatic heterocycles. The molecule has 1 heterocycles. The van der Waals surface area contributed by atoms with Crippen molar-refractivity contribution in [3.8, 4) is 0 Å². The summed E-state index contributed by atoms with van der Waals surface area (Å²) in [5, 5.41) is 2.74. The minimum absolute atomic E-state index is 0.0164. The first-order valence-corrected chi connectivity index (χ1v) is 5.65. The maximum Gasteiger partial charge on any atom is 0.361 e. The standard InChI is InChI=1S/C11H14N4O3/c1-6(10(16)15-7-2-3-7)18-11(17)8-9(12)14-5-4-13-8/h4-7H,2-3H2,1H3,(H2,12,14)(H,15,16)/t6-/m1/s1. The van der Waals surface area contributed by atoms with Crippen LogP contribution in [0.1, 0.15) is 30.3 Å². The highest BCUT2D eigenvalue weighted by Crippen LogP contribution is 2.19. The fourth-order valence-corrected chi connectivity index (χ4v) is 1.32. The quantitative estimate of drug-likeness (QED) is 0.721. The highest BCUT2D eigenvalue weighted by atomic mass is 16.5. The normalized spacial score (nSPS) is 15.8. The fourth-order valence-electron chi connectivity index (χ4n) is 1.32. The molecule has 18 heavy (non-hydrogen) atoms. The largest absolute Gasteiger partial charge is 0.448 e. The van der Waals surface area contributed by atoms with E-state index < -0.39 is 12.1 Å². The van der Waals surface area contributed by atoms with Crippen LogP contribution in [-0.2, 0) is 9.53 Å². The Hall–Kier alpha value is -2.18. The van der Waals surface area contributed by atoms with Crippen molar-refractivity contribution in [3.05, 3.63) is 18.1 Å². The lowest BCUT2D eigenvalue weighted by molar-refractivity contribution is -0.129. The number of rotatable bonds is 4. The van der Waals surface area contributed by atoms with Gasteiger partial charge in [-0.2, -0.15) is 0 Å². The number of anilines is 1. The Labute approximate surface area is 104 Å². The van der Waals surface area contributed by atoms with Gasteiger partial charge in [0, 0.05) is 18.4 Å². The van der Waals surface area contributed by atoms with Gasteiger partial charge in [0.25, 0.3) is 5.91 Å². The number of ether oxygens (including phenoxy) is 1. The molecule has 96 valence electrons. The Morgan fingerprint density at radius 2 is 2.11 bits per heavy atom. The van der Waals surface area contributed by atoms with Crippen LogP contribution < -0.4 is 11.1 Å². The summed E-state index contributed by atoms with van der Waals surface area (Å²) in [4.78, 5) is 30.8. The van der Waals surface area contributed by atoms with Crippen LogP contribution in [0.2, 0.25) is 0 Å². The van der Waals surface area contributed by atoms with Crippen molar-refractivity contribution >= 4 is 17.7 Å². The SMILES string of the molecule is C[C@@H](OC(=O)c1nccnc1N)C(=O)NC1CC1. The molecule has 1 aromatic heterocycles. The van der Waals surface area contributed by atoms with E-state index in [4.69, 9.17) is 10.5 Å². The molecule has 0 spiro atoms. The van der Waals surface area contributed by atoms with Crippen molar-refractivity contribution in [3.63, 3.8) is 0 Å². The molecule has 1 aromatic rings. The van der Waals surface area contributed by atoms with Crippen molar-refractivity contribution in [2.45, 2.75) is 31.9 Å². The van der Waals surface area contributed by atoms with Gasteiger partial charge in [0.05, 0.1) is 0 Å². The number of aromatic nitrogens is 2. The molecule has 1 atom stereocenters. The summed E-state index contributed by atoms with van der Waals surface area (Å²) in [6.45, 7) is 1.50. The van der Waals surface area contributed by atoms with Gasteiger partial charge in [-0.25, -0.2) is 14.8 Å². The lowest BCUT2D eigenvalue weighted by Gasteiger charge is -2.13. The minimum Gasteiger partial charge on any atom is -0.448 e. The molecule has 7 nitrogen and oxygen atoms in total. The summed E-state index contributed by atoms with van der Waals surface area (Å²) in [6.07, 6.45) is 3.78. The van der Waals surface area contributed by atoms with Gasteiger partial charge in [-0.1, -0.05) is 0 Å². The molecular weight excluding hydrogens is 236 g/mol. The van der Waals surface area contributed by atoms with Gasteiger partial charge < -0.3 is 15.8 Å². The van der Waals surface area contributed by atoms with Gasteiger partial charge >= 0.3 is 5.97 Å². The second kappa shape index (κ2) is 4.99. The molecule has 0 bridgehead atoms. The third-order valence-electron chi connectivity index (χ3n) is 2.50. The molecular formula is C11H14N4O3. The van der Waals surface area contributed by atoms with Crippen LogP contribution >= 0.6 is 0 Å². The number of nitrogen functional groups attached to an aromatic ring is 1.